The summed E-state index contributed by atoms with van der Waals surface area (Å²) in [4.78, 5) is 12.5. The van der Waals surface area contributed by atoms with Crippen LogP contribution in [0.15, 0.2) is 96.4 Å². The molecule has 0 aliphatic rings. The molecule has 3 aromatic carbocycles. The van der Waals surface area contributed by atoms with E-state index in [0.29, 0.717) is 28.9 Å². The van der Waals surface area contributed by atoms with Crippen molar-refractivity contribution in [3.8, 4) is 0 Å². The molecular weight excluding hydrogens is 372 g/mol. The smallest absolute Gasteiger partial charge is 0.261 e. The van der Waals surface area contributed by atoms with Gasteiger partial charge in [0.1, 0.15) is 0 Å². The van der Waals surface area contributed by atoms with E-state index in [2.05, 4.69) is 16.6 Å². The van der Waals surface area contributed by atoms with Crippen molar-refractivity contribution < 1.29 is 13.2 Å². The molecule has 2 N–H and O–H groups in total. The zero-order valence-electron chi connectivity index (χ0n) is 15.1. The molecule has 0 aliphatic heterocycles. The minimum atomic E-state index is -3.70. The number of amides is 1. The number of sulfonamides is 1. The molecule has 0 aromatic heterocycles. The predicted octanol–water partition coefficient (Wildman–Crippen LogP) is 4.47. The maximum absolute atomic E-state index is 12.6. The molecule has 0 saturated heterocycles. The summed E-state index contributed by atoms with van der Waals surface area (Å²) in [5.41, 5.74) is 2.27. The minimum absolute atomic E-state index is 0.181. The molecule has 28 heavy (non-hydrogen) atoms. The lowest BCUT2D eigenvalue weighted by molar-refractivity contribution is 0.102. The summed E-state index contributed by atoms with van der Waals surface area (Å²) in [7, 11) is -3.70. The molecule has 0 spiro atoms. The summed E-state index contributed by atoms with van der Waals surface area (Å²) < 4.78 is 27.8. The molecule has 0 bridgehead atoms. The quantitative estimate of drug-likeness (QED) is 0.583. The number of anilines is 2. The van der Waals surface area contributed by atoms with Gasteiger partial charge in [0.05, 0.1) is 10.6 Å². The van der Waals surface area contributed by atoms with E-state index in [1.807, 2.05) is 6.07 Å². The van der Waals surface area contributed by atoms with Gasteiger partial charge in [-0.25, -0.2) is 8.42 Å². The number of hydrogen-bond donors (Lipinski definition) is 2. The number of nitrogens with one attached hydrogen (secondary N) is 2. The van der Waals surface area contributed by atoms with Crippen LogP contribution in [0.4, 0.5) is 11.4 Å². The van der Waals surface area contributed by atoms with Crippen LogP contribution >= 0.6 is 0 Å². The van der Waals surface area contributed by atoms with E-state index in [4.69, 9.17) is 0 Å². The number of carbonyl (C=O) groups is 1. The van der Waals surface area contributed by atoms with Gasteiger partial charge in [0.15, 0.2) is 0 Å². The van der Waals surface area contributed by atoms with Crippen molar-refractivity contribution in [1.29, 1.82) is 0 Å². The molecule has 142 valence electrons. The standard InChI is InChI=1S/C22H20N2O3S/c1-2-9-18-16-19(23-22(25)17-10-5-3-6-11-17)14-15-21(18)24-28(26,27)20-12-7-4-8-13-20/h2-8,10-16,24H,1,9H2,(H,23,25). The molecule has 0 saturated carbocycles. The second kappa shape index (κ2) is 8.54. The number of rotatable bonds is 7. The van der Waals surface area contributed by atoms with E-state index in [1.165, 1.54) is 12.1 Å². The van der Waals surface area contributed by atoms with Crippen molar-refractivity contribution in [1.82, 2.24) is 0 Å². The normalized spacial score (nSPS) is 10.9. The third kappa shape index (κ3) is 4.66. The molecule has 3 rings (SSSR count). The molecule has 6 heteroatoms. The highest BCUT2D eigenvalue weighted by molar-refractivity contribution is 7.92. The van der Waals surface area contributed by atoms with Crippen LogP contribution in [0, 0.1) is 0 Å². The summed E-state index contributed by atoms with van der Waals surface area (Å²) in [5.74, 6) is -0.234. The zero-order valence-corrected chi connectivity index (χ0v) is 15.9. The number of carbonyl (C=O) groups excluding carboxylic acids is 1. The molecule has 0 aliphatic carbocycles. The number of benzene rings is 3. The monoisotopic (exact) mass is 392 g/mol. The maximum atomic E-state index is 12.6. The summed E-state index contributed by atoms with van der Waals surface area (Å²) in [5, 5.41) is 2.83. The Hall–Kier alpha value is -3.38. The second-order valence-corrected chi connectivity index (χ2v) is 7.79. The largest absolute Gasteiger partial charge is 0.322 e. The summed E-state index contributed by atoms with van der Waals surface area (Å²) in [6.45, 7) is 3.73. The lowest BCUT2D eigenvalue weighted by Gasteiger charge is -2.14. The zero-order chi connectivity index (χ0) is 20.0. The Morgan fingerprint density at radius 2 is 1.57 bits per heavy atom. The maximum Gasteiger partial charge on any atom is 0.261 e. The summed E-state index contributed by atoms with van der Waals surface area (Å²) in [6, 6.07) is 22.1. The minimum Gasteiger partial charge on any atom is -0.322 e. The molecule has 0 radical (unpaired) electrons. The molecule has 1 amide bonds. The van der Waals surface area contributed by atoms with Gasteiger partial charge in [-0.2, -0.15) is 0 Å². The van der Waals surface area contributed by atoms with Gasteiger partial charge in [-0.1, -0.05) is 42.5 Å². The molecule has 0 fully saturated rings. The Bertz CT molecular complexity index is 1080. The SMILES string of the molecule is C=CCc1cc(NC(=O)c2ccccc2)ccc1NS(=O)(=O)c1ccccc1. The van der Waals surface area contributed by atoms with Crippen molar-refractivity contribution in [3.05, 3.63) is 103 Å². The van der Waals surface area contributed by atoms with Crippen LogP contribution in [0.3, 0.4) is 0 Å². The van der Waals surface area contributed by atoms with Crippen LogP contribution in [-0.4, -0.2) is 14.3 Å². The first-order chi connectivity index (χ1) is 13.5. The van der Waals surface area contributed by atoms with Crippen molar-refractivity contribution in [2.75, 3.05) is 10.0 Å². The van der Waals surface area contributed by atoms with Gasteiger partial charge >= 0.3 is 0 Å². The van der Waals surface area contributed by atoms with Gasteiger partial charge in [0.25, 0.3) is 15.9 Å². The van der Waals surface area contributed by atoms with Gasteiger partial charge in [0, 0.05) is 11.3 Å². The molecule has 0 atom stereocenters. The first-order valence-electron chi connectivity index (χ1n) is 8.68. The van der Waals surface area contributed by atoms with E-state index >= 15 is 0 Å². The molecular formula is C22H20N2O3S. The van der Waals surface area contributed by atoms with E-state index in [9.17, 15) is 13.2 Å². The fourth-order valence-corrected chi connectivity index (χ4v) is 3.81. The van der Waals surface area contributed by atoms with Gasteiger partial charge in [-0.05, 0) is 54.4 Å². The van der Waals surface area contributed by atoms with Gasteiger partial charge in [-0.3, -0.25) is 9.52 Å². The highest BCUT2D eigenvalue weighted by atomic mass is 32.2. The molecule has 3 aromatic rings. The van der Waals surface area contributed by atoms with Crippen molar-refractivity contribution >= 4 is 27.3 Å². The third-order valence-electron chi connectivity index (χ3n) is 4.06. The van der Waals surface area contributed by atoms with Crippen LogP contribution in [0.1, 0.15) is 15.9 Å². The summed E-state index contributed by atoms with van der Waals surface area (Å²) >= 11 is 0. The Balaban J connectivity index is 1.85. The van der Waals surface area contributed by atoms with Gasteiger partial charge in [-0.15, -0.1) is 6.58 Å². The molecule has 5 nitrogen and oxygen atoms in total. The van der Waals surface area contributed by atoms with Crippen molar-refractivity contribution in [2.24, 2.45) is 0 Å². The van der Waals surface area contributed by atoms with Crippen LogP contribution in [0.5, 0.6) is 0 Å². The van der Waals surface area contributed by atoms with Crippen LogP contribution in [0.2, 0.25) is 0 Å². The fourth-order valence-electron chi connectivity index (χ4n) is 2.69. The Kier molecular flexibility index (Phi) is 5.91. The van der Waals surface area contributed by atoms with Crippen LogP contribution < -0.4 is 10.0 Å². The van der Waals surface area contributed by atoms with E-state index < -0.39 is 10.0 Å². The van der Waals surface area contributed by atoms with Crippen molar-refractivity contribution in [2.45, 2.75) is 11.3 Å². The molecule has 0 unspecified atom stereocenters. The topological polar surface area (TPSA) is 75.3 Å². The van der Waals surface area contributed by atoms with Crippen LogP contribution in [0.25, 0.3) is 0 Å². The Morgan fingerprint density at radius 1 is 0.929 bits per heavy atom. The summed E-state index contributed by atoms with van der Waals surface area (Å²) in [6.07, 6.45) is 2.13. The first-order valence-corrected chi connectivity index (χ1v) is 10.2. The lowest BCUT2D eigenvalue weighted by Crippen LogP contribution is -2.15. The number of allylic oxidation sites excluding steroid dienone is 1. The van der Waals surface area contributed by atoms with Crippen molar-refractivity contribution in [3.63, 3.8) is 0 Å². The van der Waals surface area contributed by atoms with Gasteiger partial charge < -0.3 is 5.32 Å². The van der Waals surface area contributed by atoms with E-state index in [0.717, 1.165) is 0 Å². The average Bonchev–Trinajstić information content (AvgIpc) is 2.71. The Labute approximate surface area is 164 Å². The highest BCUT2D eigenvalue weighted by Gasteiger charge is 2.16. The predicted molar refractivity (Wildman–Crippen MR) is 112 cm³/mol. The second-order valence-electron chi connectivity index (χ2n) is 6.10. The van der Waals surface area contributed by atoms with E-state index in [-0.39, 0.29) is 10.8 Å². The lowest BCUT2D eigenvalue weighted by atomic mass is 10.1. The fraction of sp³-hybridized carbons (Fsp3) is 0.0455. The highest BCUT2D eigenvalue weighted by Crippen LogP contribution is 2.25. The average molecular weight is 392 g/mol. The molecule has 0 heterocycles. The first kappa shape index (κ1) is 19.4. The number of hydrogen-bond acceptors (Lipinski definition) is 3. The van der Waals surface area contributed by atoms with E-state index in [1.54, 1.807) is 66.7 Å². The van der Waals surface area contributed by atoms with Gasteiger partial charge in [0.2, 0.25) is 0 Å². The third-order valence-corrected chi connectivity index (χ3v) is 5.44. The van der Waals surface area contributed by atoms with Crippen LogP contribution in [-0.2, 0) is 16.4 Å². The Morgan fingerprint density at radius 3 is 2.21 bits per heavy atom.